The lowest BCUT2D eigenvalue weighted by molar-refractivity contribution is 0.0945. The molecule has 0 atom stereocenters. The molecule has 1 aromatic carbocycles. The molecule has 2 N–H and O–H groups in total. The minimum Gasteiger partial charge on any atom is -0.497 e. The summed E-state index contributed by atoms with van der Waals surface area (Å²) >= 11 is 0. The molecule has 1 aliphatic rings. The van der Waals surface area contributed by atoms with Gasteiger partial charge in [-0.1, -0.05) is 0 Å². The van der Waals surface area contributed by atoms with E-state index in [0.717, 1.165) is 24.3 Å². The average molecular weight is 342 g/mol. The average Bonchev–Trinajstić information content (AvgIpc) is 3.43. The van der Waals surface area contributed by atoms with Gasteiger partial charge in [0.2, 0.25) is 0 Å². The molecule has 1 fully saturated rings. The van der Waals surface area contributed by atoms with Crippen LogP contribution in [0.25, 0.3) is 0 Å². The first kappa shape index (κ1) is 17.0. The first-order chi connectivity index (χ1) is 12.1. The van der Waals surface area contributed by atoms with Crippen molar-refractivity contribution in [3.05, 3.63) is 41.9 Å². The predicted molar refractivity (Wildman–Crippen MR) is 94.2 cm³/mol. The van der Waals surface area contributed by atoms with Crippen molar-refractivity contribution in [3.63, 3.8) is 0 Å². The molecule has 0 bridgehead atoms. The van der Waals surface area contributed by atoms with E-state index in [1.807, 2.05) is 24.3 Å². The number of amides is 1. The first-order valence-corrected chi connectivity index (χ1v) is 8.31. The van der Waals surface area contributed by atoms with Crippen molar-refractivity contribution in [1.82, 2.24) is 15.3 Å². The highest BCUT2D eigenvalue weighted by Gasteiger charge is 2.24. The van der Waals surface area contributed by atoms with Gasteiger partial charge < -0.3 is 20.1 Å². The maximum atomic E-state index is 12.1. The van der Waals surface area contributed by atoms with Crippen LogP contribution in [0.4, 0.5) is 5.82 Å². The third-order valence-corrected chi connectivity index (χ3v) is 3.72. The van der Waals surface area contributed by atoms with Crippen molar-refractivity contribution in [1.29, 1.82) is 0 Å². The Hall–Kier alpha value is -2.83. The molecule has 0 spiro atoms. The summed E-state index contributed by atoms with van der Waals surface area (Å²) < 4.78 is 10.8. The predicted octanol–water partition coefficient (Wildman–Crippen LogP) is 2.18. The molecule has 1 heterocycles. The molecule has 132 valence electrons. The van der Waals surface area contributed by atoms with Gasteiger partial charge in [-0.3, -0.25) is 4.79 Å². The van der Waals surface area contributed by atoms with E-state index in [4.69, 9.17) is 9.47 Å². The molecule has 0 saturated heterocycles. The first-order valence-electron chi connectivity index (χ1n) is 8.31. The van der Waals surface area contributed by atoms with Gasteiger partial charge in [0.15, 0.2) is 0 Å². The van der Waals surface area contributed by atoms with Gasteiger partial charge in [0, 0.05) is 12.1 Å². The third-order valence-electron chi connectivity index (χ3n) is 3.72. The fourth-order valence-electron chi connectivity index (χ4n) is 2.28. The Morgan fingerprint density at radius 1 is 1.20 bits per heavy atom. The van der Waals surface area contributed by atoms with Crippen LogP contribution in [0.15, 0.2) is 30.3 Å². The van der Waals surface area contributed by atoms with Gasteiger partial charge >= 0.3 is 0 Å². The SMILES string of the molecule is COc1ccc(OCCNc2cc(C(=O)NC3CC3)nc(C)n2)cc1. The highest BCUT2D eigenvalue weighted by molar-refractivity contribution is 5.93. The standard InChI is InChI=1S/C18H22N4O3/c1-12-20-16(18(23)22-13-3-4-13)11-17(21-12)19-9-10-25-15-7-5-14(24-2)6-8-15/h5-8,11,13H,3-4,9-10H2,1-2H3,(H,22,23)(H,19,20,21). The molecule has 1 aliphatic carbocycles. The summed E-state index contributed by atoms with van der Waals surface area (Å²) in [6, 6.07) is 9.37. The van der Waals surface area contributed by atoms with Gasteiger partial charge in [-0.05, 0) is 44.0 Å². The number of methoxy groups -OCH3 is 1. The van der Waals surface area contributed by atoms with Crippen LogP contribution in [0.2, 0.25) is 0 Å². The summed E-state index contributed by atoms with van der Waals surface area (Å²) in [5.41, 5.74) is 0.387. The molecule has 2 aromatic rings. The van der Waals surface area contributed by atoms with Crippen LogP contribution in [-0.4, -0.2) is 42.2 Å². The van der Waals surface area contributed by atoms with Gasteiger partial charge in [-0.2, -0.15) is 0 Å². The number of aryl methyl sites for hydroxylation is 1. The lowest BCUT2D eigenvalue weighted by atomic mass is 10.3. The van der Waals surface area contributed by atoms with Crippen LogP contribution in [0.5, 0.6) is 11.5 Å². The lowest BCUT2D eigenvalue weighted by Gasteiger charge is -2.10. The highest BCUT2D eigenvalue weighted by atomic mass is 16.5. The number of aromatic nitrogens is 2. The largest absolute Gasteiger partial charge is 0.497 e. The second kappa shape index (κ2) is 7.83. The van der Waals surface area contributed by atoms with Crippen molar-refractivity contribution < 1.29 is 14.3 Å². The number of hydrogen-bond donors (Lipinski definition) is 2. The van der Waals surface area contributed by atoms with Crippen molar-refractivity contribution in [2.45, 2.75) is 25.8 Å². The van der Waals surface area contributed by atoms with Gasteiger partial charge in [0.25, 0.3) is 5.91 Å². The Kier molecular flexibility index (Phi) is 5.33. The van der Waals surface area contributed by atoms with Crippen molar-refractivity contribution in [2.75, 3.05) is 25.6 Å². The number of carbonyl (C=O) groups excluding carboxylic acids is 1. The lowest BCUT2D eigenvalue weighted by Crippen LogP contribution is -2.27. The third kappa shape index (κ3) is 5.07. The normalized spacial score (nSPS) is 13.2. The molecule has 0 radical (unpaired) electrons. The van der Waals surface area contributed by atoms with Gasteiger partial charge in [0.05, 0.1) is 13.7 Å². The van der Waals surface area contributed by atoms with Crippen molar-refractivity contribution in [2.24, 2.45) is 0 Å². The van der Waals surface area contributed by atoms with E-state index in [1.165, 1.54) is 0 Å². The molecule has 1 amide bonds. The summed E-state index contributed by atoms with van der Waals surface area (Å²) in [6.07, 6.45) is 2.09. The zero-order chi connectivity index (χ0) is 17.6. The molecular formula is C18H22N4O3. The van der Waals surface area contributed by atoms with Crippen LogP contribution in [0.3, 0.4) is 0 Å². The van der Waals surface area contributed by atoms with E-state index in [1.54, 1.807) is 20.1 Å². The summed E-state index contributed by atoms with van der Waals surface area (Å²) in [4.78, 5) is 20.6. The molecule has 7 heteroatoms. The summed E-state index contributed by atoms with van der Waals surface area (Å²) in [5, 5.41) is 6.09. The van der Waals surface area contributed by atoms with E-state index >= 15 is 0 Å². The van der Waals surface area contributed by atoms with E-state index in [-0.39, 0.29) is 5.91 Å². The highest BCUT2D eigenvalue weighted by Crippen LogP contribution is 2.19. The van der Waals surface area contributed by atoms with E-state index in [0.29, 0.717) is 36.5 Å². The molecule has 3 rings (SSSR count). The number of nitrogens with one attached hydrogen (secondary N) is 2. The van der Waals surface area contributed by atoms with E-state index < -0.39 is 0 Å². The van der Waals surface area contributed by atoms with Gasteiger partial charge in [-0.15, -0.1) is 0 Å². The van der Waals surface area contributed by atoms with Crippen molar-refractivity contribution >= 4 is 11.7 Å². The molecule has 0 aliphatic heterocycles. The number of rotatable bonds is 8. The van der Waals surface area contributed by atoms with Crippen LogP contribution >= 0.6 is 0 Å². The zero-order valence-corrected chi connectivity index (χ0v) is 14.4. The molecule has 1 saturated carbocycles. The second-order valence-corrected chi connectivity index (χ2v) is 5.88. The molecular weight excluding hydrogens is 320 g/mol. The van der Waals surface area contributed by atoms with Gasteiger partial charge in [-0.25, -0.2) is 9.97 Å². The molecule has 25 heavy (non-hydrogen) atoms. The smallest absolute Gasteiger partial charge is 0.270 e. The maximum absolute atomic E-state index is 12.1. The Bertz CT molecular complexity index is 730. The summed E-state index contributed by atoms with van der Waals surface area (Å²) in [7, 11) is 1.63. The monoisotopic (exact) mass is 342 g/mol. The van der Waals surface area contributed by atoms with E-state index in [9.17, 15) is 4.79 Å². The number of nitrogens with zero attached hydrogens (tertiary/aromatic N) is 2. The Morgan fingerprint density at radius 3 is 2.60 bits per heavy atom. The van der Waals surface area contributed by atoms with Crippen LogP contribution in [0.1, 0.15) is 29.2 Å². The Balaban J connectivity index is 1.50. The zero-order valence-electron chi connectivity index (χ0n) is 14.4. The minimum absolute atomic E-state index is 0.148. The minimum atomic E-state index is -0.148. The molecule has 1 aromatic heterocycles. The number of hydrogen-bond acceptors (Lipinski definition) is 6. The topological polar surface area (TPSA) is 85.4 Å². The Morgan fingerprint density at radius 2 is 1.92 bits per heavy atom. The van der Waals surface area contributed by atoms with Gasteiger partial charge in [0.1, 0.15) is 35.4 Å². The number of carbonyl (C=O) groups is 1. The number of ether oxygens (including phenoxy) is 2. The van der Waals surface area contributed by atoms with E-state index in [2.05, 4.69) is 20.6 Å². The second-order valence-electron chi connectivity index (χ2n) is 5.88. The number of anilines is 1. The fourth-order valence-corrected chi connectivity index (χ4v) is 2.28. The van der Waals surface area contributed by atoms with Crippen molar-refractivity contribution in [3.8, 4) is 11.5 Å². The molecule has 7 nitrogen and oxygen atoms in total. The van der Waals surface area contributed by atoms with Crippen LogP contribution in [-0.2, 0) is 0 Å². The fraction of sp³-hybridized carbons (Fsp3) is 0.389. The quantitative estimate of drug-likeness (QED) is 0.715. The maximum Gasteiger partial charge on any atom is 0.270 e. The number of benzene rings is 1. The molecule has 0 unspecified atom stereocenters. The van der Waals surface area contributed by atoms with Crippen LogP contribution in [0, 0.1) is 6.92 Å². The summed E-state index contributed by atoms with van der Waals surface area (Å²) in [6.45, 7) is 2.80. The van der Waals surface area contributed by atoms with Crippen LogP contribution < -0.4 is 20.1 Å². The Labute approximate surface area is 146 Å². The summed E-state index contributed by atoms with van der Waals surface area (Å²) in [5.74, 6) is 2.59.